The van der Waals surface area contributed by atoms with Crippen molar-refractivity contribution in [2.24, 2.45) is 0 Å². The van der Waals surface area contributed by atoms with Gasteiger partial charge in [0.2, 0.25) is 0 Å². The minimum absolute atomic E-state index is 0.339. The largest absolute Gasteiger partial charge is 0.487 e. The minimum Gasteiger partial charge on any atom is -0.487 e. The molecule has 0 aliphatic carbocycles. The van der Waals surface area contributed by atoms with Gasteiger partial charge in [-0.2, -0.15) is 0 Å². The molecule has 3 aromatic carbocycles. The Balaban J connectivity index is 1.46. The Morgan fingerprint density at radius 1 is 1.15 bits per heavy atom. The highest BCUT2D eigenvalue weighted by atomic mass is 79.9. The molecule has 1 amide bonds. The van der Waals surface area contributed by atoms with Crippen LogP contribution in [0.3, 0.4) is 0 Å². The normalized spacial score (nSPS) is 25.3. The number of nitro groups is 1. The molecule has 5 rings (SSSR count). The molecule has 34 heavy (non-hydrogen) atoms. The van der Waals surface area contributed by atoms with Gasteiger partial charge < -0.3 is 10.1 Å². The number of nitrogens with one attached hydrogen (secondary N) is 2. The van der Waals surface area contributed by atoms with Crippen LogP contribution in [-0.2, 0) is 16.9 Å². The van der Waals surface area contributed by atoms with Gasteiger partial charge in [0.1, 0.15) is 12.4 Å². The van der Waals surface area contributed by atoms with E-state index in [-0.39, 0.29) is 11.0 Å². The van der Waals surface area contributed by atoms with Crippen LogP contribution in [0.1, 0.15) is 29.5 Å². The molecule has 0 bridgehead atoms. The van der Waals surface area contributed by atoms with Gasteiger partial charge in [0, 0.05) is 26.7 Å². The molecule has 174 valence electrons. The molecular weight excluding hydrogens is 522 g/mol. The molecule has 0 radical (unpaired) electrons. The van der Waals surface area contributed by atoms with E-state index in [4.69, 9.17) is 16.3 Å². The van der Waals surface area contributed by atoms with Gasteiger partial charge in [-0.1, -0.05) is 63.9 Å². The second-order valence-electron chi connectivity index (χ2n) is 8.60. The molecule has 0 aromatic heterocycles. The number of benzene rings is 3. The summed E-state index contributed by atoms with van der Waals surface area (Å²) in [6, 6.07) is 18.5. The number of anilines is 1. The Bertz CT molecular complexity index is 1290. The first kappa shape index (κ1) is 22.8. The Hall–Kier alpha value is -2.94. The second-order valence-corrected chi connectivity index (χ2v) is 9.92. The summed E-state index contributed by atoms with van der Waals surface area (Å²) < 4.78 is 6.86. The molecule has 0 unspecified atom stereocenters. The third-order valence-electron chi connectivity index (χ3n) is 6.61. The van der Waals surface area contributed by atoms with E-state index in [1.165, 1.54) is 0 Å². The first-order valence-corrected chi connectivity index (χ1v) is 12.0. The number of rotatable bonds is 5. The monoisotopic (exact) mass is 541 g/mol. The Morgan fingerprint density at radius 3 is 2.59 bits per heavy atom. The van der Waals surface area contributed by atoms with E-state index in [0.717, 1.165) is 10.0 Å². The van der Waals surface area contributed by atoms with E-state index < -0.39 is 23.4 Å². The van der Waals surface area contributed by atoms with Gasteiger partial charge in [0.05, 0.1) is 10.9 Å². The summed E-state index contributed by atoms with van der Waals surface area (Å²) in [4.78, 5) is 25.2. The standard InChI is InChI=1S/C25H21BrClN3O4/c1-14-22(16-8-11-21(19(27)12-16)34-13-15-6-9-17(26)10-7-15)23(30(32)33)25(29-14)18-4-2-3-5-20(18)28-24(25)31/h2-12,14,22-23,29H,13H2,1H3,(H,28,31)/t14-,22-,23-,25-/m0/s1. The van der Waals surface area contributed by atoms with Crippen LogP contribution in [0.25, 0.3) is 0 Å². The molecule has 2 N–H and O–H groups in total. The molecule has 2 heterocycles. The van der Waals surface area contributed by atoms with Crippen molar-refractivity contribution in [2.75, 3.05) is 5.32 Å². The van der Waals surface area contributed by atoms with Crippen LogP contribution in [0, 0.1) is 10.1 Å². The first-order valence-electron chi connectivity index (χ1n) is 10.8. The average Bonchev–Trinajstić information content (AvgIpc) is 3.28. The molecule has 3 aromatic rings. The fourth-order valence-electron chi connectivity index (χ4n) is 5.14. The Kier molecular flexibility index (Phi) is 5.83. The first-order chi connectivity index (χ1) is 16.3. The van der Waals surface area contributed by atoms with Gasteiger partial charge in [-0.3, -0.25) is 20.2 Å². The summed E-state index contributed by atoms with van der Waals surface area (Å²) in [5.41, 5.74) is 1.40. The van der Waals surface area contributed by atoms with E-state index in [1.807, 2.05) is 31.2 Å². The van der Waals surface area contributed by atoms with Gasteiger partial charge >= 0.3 is 0 Å². The summed E-state index contributed by atoms with van der Waals surface area (Å²) >= 11 is 9.94. The van der Waals surface area contributed by atoms with Crippen LogP contribution >= 0.6 is 27.5 Å². The van der Waals surface area contributed by atoms with Crippen molar-refractivity contribution in [3.63, 3.8) is 0 Å². The fourth-order valence-corrected chi connectivity index (χ4v) is 5.64. The smallest absolute Gasteiger partial charge is 0.256 e. The fraction of sp³-hybridized carbons (Fsp3) is 0.240. The lowest BCUT2D eigenvalue weighted by atomic mass is 9.78. The lowest BCUT2D eigenvalue weighted by Gasteiger charge is -2.25. The number of para-hydroxylation sites is 1. The lowest BCUT2D eigenvalue weighted by Crippen LogP contribution is -2.54. The number of halogens is 2. The highest BCUT2D eigenvalue weighted by Crippen LogP contribution is 2.50. The number of hydrogen-bond acceptors (Lipinski definition) is 5. The maximum Gasteiger partial charge on any atom is 0.256 e. The molecule has 1 spiro atoms. The molecule has 7 nitrogen and oxygen atoms in total. The molecule has 1 saturated heterocycles. The maximum absolute atomic E-state index is 13.1. The predicted octanol–water partition coefficient (Wildman–Crippen LogP) is 5.25. The van der Waals surface area contributed by atoms with Crippen LogP contribution in [0.15, 0.2) is 71.2 Å². The third-order valence-corrected chi connectivity index (χ3v) is 7.44. The summed E-state index contributed by atoms with van der Waals surface area (Å²) in [5.74, 6) is -0.501. The zero-order valence-corrected chi connectivity index (χ0v) is 20.5. The maximum atomic E-state index is 13.1. The van der Waals surface area contributed by atoms with Crippen LogP contribution in [0.2, 0.25) is 5.02 Å². The van der Waals surface area contributed by atoms with E-state index >= 15 is 0 Å². The summed E-state index contributed by atoms with van der Waals surface area (Å²) in [6.07, 6.45) is 0. The van der Waals surface area contributed by atoms with Gasteiger partial charge in [-0.15, -0.1) is 0 Å². The summed E-state index contributed by atoms with van der Waals surface area (Å²) in [5, 5.41) is 18.8. The number of nitrogens with zero attached hydrogens (tertiary/aromatic N) is 1. The summed E-state index contributed by atoms with van der Waals surface area (Å²) in [7, 11) is 0. The van der Waals surface area contributed by atoms with E-state index in [0.29, 0.717) is 34.2 Å². The third kappa shape index (κ3) is 3.66. The zero-order chi connectivity index (χ0) is 24.0. The topological polar surface area (TPSA) is 93.5 Å². The van der Waals surface area contributed by atoms with Gasteiger partial charge in [0.25, 0.3) is 11.9 Å². The van der Waals surface area contributed by atoms with Crippen LogP contribution < -0.4 is 15.4 Å². The van der Waals surface area contributed by atoms with Crippen LogP contribution in [0.4, 0.5) is 5.69 Å². The molecule has 2 aliphatic rings. The van der Waals surface area contributed by atoms with Crippen molar-refractivity contribution < 1.29 is 14.5 Å². The zero-order valence-electron chi connectivity index (χ0n) is 18.1. The Morgan fingerprint density at radius 2 is 1.88 bits per heavy atom. The summed E-state index contributed by atoms with van der Waals surface area (Å²) in [6.45, 7) is 2.20. The van der Waals surface area contributed by atoms with Crippen molar-refractivity contribution in [1.82, 2.24) is 5.32 Å². The second kappa shape index (κ2) is 8.69. The quantitative estimate of drug-likeness (QED) is 0.339. The molecule has 1 fully saturated rings. The number of carbonyl (C=O) groups is 1. The number of hydrogen-bond donors (Lipinski definition) is 2. The van der Waals surface area contributed by atoms with Crippen molar-refractivity contribution in [3.05, 3.63) is 103 Å². The van der Waals surface area contributed by atoms with Gasteiger partial charge in [0.15, 0.2) is 5.54 Å². The highest BCUT2D eigenvalue weighted by Gasteiger charge is 2.67. The molecule has 2 aliphatic heterocycles. The molecule has 9 heteroatoms. The van der Waals surface area contributed by atoms with Crippen molar-refractivity contribution >= 4 is 39.1 Å². The minimum atomic E-state index is -1.45. The predicted molar refractivity (Wildman–Crippen MR) is 133 cm³/mol. The average molecular weight is 543 g/mol. The van der Waals surface area contributed by atoms with E-state index in [2.05, 4.69) is 26.6 Å². The van der Waals surface area contributed by atoms with Crippen molar-refractivity contribution in [2.45, 2.75) is 37.1 Å². The lowest BCUT2D eigenvalue weighted by molar-refractivity contribution is -0.532. The van der Waals surface area contributed by atoms with Crippen molar-refractivity contribution in [1.29, 1.82) is 0 Å². The molecule has 0 saturated carbocycles. The van der Waals surface area contributed by atoms with Crippen LogP contribution in [0.5, 0.6) is 5.75 Å². The van der Waals surface area contributed by atoms with Crippen molar-refractivity contribution in [3.8, 4) is 5.75 Å². The Labute approximate surface area is 209 Å². The number of ether oxygens (including phenoxy) is 1. The molecular formula is C25H21BrClN3O4. The van der Waals surface area contributed by atoms with Crippen LogP contribution in [-0.4, -0.2) is 22.9 Å². The number of amides is 1. The molecule has 4 atom stereocenters. The SMILES string of the molecule is C[C@@H]1N[C@]2(C(=O)Nc3ccccc32)[C@@H]([N+](=O)[O-])[C@@H]1c1ccc(OCc2ccc(Br)cc2)c(Cl)c1. The number of carbonyl (C=O) groups excluding carboxylic acids is 1. The highest BCUT2D eigenvalue weighted by molar-refractivity contribution is 9.10. The van der Waals surface area contributed by atoms with E-state index in [9.17, 15) is 14.9 Å². The van der Waals surface area contributed by atoms with Gasteiger partial charge in [-0.25, -0.2) is 0 Å². The van der Waals surface area contributed by atoms with Gasteiger partial charge in [-0.05, 0) is 48.4 Å². The number of fused-ring (bicyclic) bond motifs is 2. The van der Waals surface area contributed by atoms with E-state index in [1.54, 1.807) is 42.5 Å².